The van der Waals surface area contributed by atoms with Gasteiger partial charge in [-0.1, -0.05) is 23.7 Å². The smallest absolute Gasteiger partial charge is 0.337 e. The molecule has 3 nitrogen and oxygen atoms in total. The highest BCUT2D eigenvalue weighted by Crippen LogP contribution is 2.49. The van der Waals surface area contributed by atoms with E-state index in [0.29, 0.717) is 18.4 Å². The summed E-state index contributed by atoms with van der Waals surface area (Å²) >= 11 is 5.82. The van der Waals surface area contributed by atoms with E-state index in [9.17, 15) is 4.79 Å². The van der Waals surface area contributed by atoms with E-state index in [4.69, 9.17) is 22.0 Å². The number of rotatable bonds is 2. The van der Waals surface area contributed by atoms with Crippen LogP contribution < -0.4 is 0 Å². The first-order valence-electron chi connectivity index (χ1n) is 4.54. The molecule has 1 aromatic rings. The molecule has 0 heterocycles. The molecule has 1 aliphatic carbocycles. The van der Waals surface area contributed by atoms with Gasteiger partial charge in [0.05, 0.1) is 22.1 Å². The third-order valence-electron chi connectivity index (χ3n) is 2.71. The lowest BCUT2D eigenvalue weighted by Gasteiger charge is -2.11. The third kappa shape index (κ3) is 1.47. The fourth-order valence-electron chi connectivity index (χ4n) is 1.71. The Bertz CT molecular complexity index is 472. The Hall–Kier alpha value is -1.53. The van der Waals surface area contributed by atoms with Gasteiger partial charge in [-0.2, -0.15) is 5.26 Å². The topological polar surface area (TPSA) is 61.1 Å². The van der Waals surface area contributed by atoms with Crippen LogP contribution in [0.4, 0.5) is 0 Å². The van der Waals surface area contributed by atoms with Crippen molar-refractivity contribution in [2.45, 2.75) is 18.3 Å². The van der Waals surface area contributed by atoms with Crippen LogP contribution in [0.2, 0.25) is 5.02 Å². The fourth-order valence-corrected chi connectivity index (χ4v) is 1.96. The van der Waals surface area contributed by atoms with E-state index in [1.165, 1.54) is 6.07 Å². The van der Waals surface area contributed by atoms with Crippen molar-refractivity contribution in [3.63, 3.8) is 0 Å². The number of benzene rings is 1. The Kier molecular flexibility index (Phi) is 2.17. The molecule has 15 heavy (non-hydrogen) atoms. The van der Waals surface area contributed by atoms with Gasteiger partial charge in [0.25, 0.3) is 0 Å². The lowest BCUT2D eigenvalue weighted by molar-refractivity contribution is 0.0695. The van der Waals surface area contributed by atoms with Gasteiger partial charge in [0.1, 0.15) is 0 Å². The second-order valence-electron chi connectivity index (χ2n) is 3.66. The molecule has 4 heteroatoms. The van der Waals surface area contributed by atoms with Crippen molar-refractivity contribution >= 4 is 17.6 Å². The summed E-state index contributed by atoms with van der Waals surface area (Å²) < 4.78 is 0. The van der Waals surface area contributed by atoms with E-state index in [1.54, 1.807) is 12.1 Å². The Morgan fingerprint density at radius 1 is 1.53 bits per heavy atom. The number of carbonyl (C=O) groups is 1. The summed E-state index contributed by atoms with van der Waals surface area (Å²) in [5, 5.41) is 18.3. The van der Waals surface area contributed by atoms with Crippen LogP contribution in [-0.4, -0.2) is 11.1 Å². The Morgan fingerprint density at radius 2 is 2.20 bits per heavy atom. The second-order valence-corrected chi connectivity index (χ2v) is 4.07. The summed E-state index contributed by atoms with van der Waals surface area (Å²) in [6.07, 6.45) is 1.42. The summed E-state index contributed by atoms with van der Waals surface area (Å²) in [6.45, 7) is 0. The molecule has 76 valence electrons. The standard InChI is InChI=1S/C11H8ClNO2/c12-8-3-1-2-7(9(8)10(14)15)11(6-13)4-5-11/h1-3H,4-5H2,(H,14,15). The van der Waals surface area contributed by atoms with E-state index < -0.39 is 11.4 Å². The van der Waals surface area contributed by atoms with Crippen LogP contribution in [0.5, 0.6) is 0 Å². The van der Waals surface area contributed by atoms with Crippen LogP contribution >= 0.6 is 11.6 Å². The number of aromatic carboxylic acids is 1. The lowest BCUT2D eigenvalue weighted by Crippen LogP contribution is -2.11. The van der Waals surface area contributed by atoms with Crippen LogP contribution in [0.1, 0.15) is 28.8 Å². The number of carboxylic acids is 1. The summed E-state index contributed by atoms with van der Waals surface area (Å²) in [4.78, 5) is 11.0. The predicted octanol–water partition coefficient (Wildman–Crippen LogP) is 2.59. The van der Waals surface area contributed by atoms with Crippen molar-refractivity contribution < 1.29 is 9.90 Å². The average Bonchev–Trinajstić information content (AvgIpc) is 2.97. The van der Waals surface area contributed by atoms with Gasteiger partial charge >= 0.3 is 5.97 Å². The molecule has 0 aromatic heterocycles. The first kappa shape index (κ1) is 10.0. The van der Waals surface area contributed by atoms with Gasteiger partial charge in [-0.15, -0.1) is 0 Å². The molecule has 0 spiro atoms. The SMILES string of the molecule is N#CC1(c2cccc(Cl)c2C(=O)O)CC1. The maximum absolute atomic E-state index is 11.0. The number of carboxylic acid groups (broad SMARTS) is 1. The van der Waals surface area contributed by atoms with Gasteiger partial charge in [0.2, 0.25) is 0 Å². The maximum Gasteiger partial charge on any atom is 0.337 e. The molecule has 2 rings (SSSR count). The minimum atomic E-state index is -1.07. The van der Waals surface area contributed by atoms with Crippen LogP contribution in [0, 0.1) is 11.3 Å². The van der Waals surface area contributed by atoms with E-state index >= 15 is 0 Å². The molecule has 0 atom stereocenters. The molecule has 0 saturated heterocycles. The third-order valence-corrected chi connectivity index (χ3v) is 3.02. The van der Waals surface area contributed by atoms with Crippen molar-refractivity contribution in [2.75, 3.05) is 0 Å². The number of nitriles is 1. The molecule has 1 fully saturated rings. The van der Waals surface area contributed by atoms with Crippen molar-refractivity contribution in [1.29, 1.82) is 5.26 Å². The van der Waals surface area contributed by atoms with Gasteiger partial charge in [-0.3, -0.25) is 0 Å². The normalized spacial score (nSPS) is 16.8. The van der Waals surface area contributed by atoms with Crippen molar-refractivity contribution in [3.8, 4) is 6.07 Å². The molecule has 0 radical (unpaired) electrons. The van der Waals surface area contributed by atoms with Crippen LogP contribution in [-0.2, 0) is 5.41 Å². The van der Waals surface area contributed by atoms with Gasteiger partial charge < -0.3 is 5.11 Å². The highest BCUT2D eigenvalue weighted by atomic mass is 35.5. The van der Waals surface area contributed by atoms with E-state index in [2.05, 4.69) is 6.07 Å². The molecule has 1 saturated carbocycles. The highest BCUT2D eigenvalue weighted by molar-refractivity contribution is 6.33. The lowest BCUT2D eigenvalue weighted by atomic mass is 9.92. The Balaban J connectivity index is 2.63. The number of hydrogen-bond acceptors (Lipinski definition) is 2. The number of halogens is 1. The van der Waals surface area contributed by atoms with Crippen molar-refractivity contribution in [3.05, 3.63) is 34.3 Å². The molecule has 0 unspecified atom stereocenters. The second kappa shape index (κ2) is 3.25. The Labute approximate surface area is 91.9 Å². The highest BCUT2D eigenvalue weighted by Gasteiger charge is 2.47. The zero-order valence-electron chi connectivity index (χ0n) is 7.83. The zero-order valence-corrected chi connectivity index (χ0v) is 8.58. The molecular formula is C11H8ClNO2. The predicted molar refractivity (Wildman–Crippen MR) is 54.9 cm³/mol. The van der Waals surface area contributed by atoms with Gasteiger partial charge in [-0.25, -0.2) is 4.79 Å². The fraction of sp³-hybridized carbons (Fsp3) is 0.273. The average molecular weight is 222 g/mol. The zero-order chi connectivity index (χ0) is 11.1. The molecular weight excluding hydrogens is 214 g/mol. The summed E-state index contributed by atoms with van der Waals surface area (Å²) in [7, 11) is 0. The van der Waals surface area contributed by atoms with E-state index in [0.717, 1.165) is 0 Å². The van der Waals surface area contributed by atoms with Gasteiger partial charge in [-0.05, 0) is 24.5 Å². The summed E-state index contributed by atoms with van der Waals surface area (Å²) in [5.41, 5.74) is 0.00161. The molecule has 0 bridgehead atoms. The number of hydrogen-bond donors (Lipinski definition) is 1. The van der Waals surface area contributed by atoms with E-state index in [1.807, 2.05) is 0 Å². The number of nitrogens with zero attached hydrogens (tertiary/aromatic N) is 1. The van der Waals surface area contributed by atoms with Crippen LogP contribution in [0.3, 0.4) is 0 Å². The molecule has 1 aromatic carbocycles. The largest absolute Gasteiger partial charge is 0.478 e. The quantitative estimate of drug-likeness (QED) is 0.835. The molecule has 1 aliphatic rings. The summed E-state index contributed by atoms with van der Waals surface area (Å²) in [5.74, 6) is -1.07. The molecule has 0 amide bonds. The summed E-state index contributed by atoms with van der Waals surface area (Å²) in [6, 6.07) is 7.05. The van der Waals surface area contributed by atoms with Gasteiger partial charge in [0, 0.05) is 0 Å². The first-order chi connectivity index (χ1) is 7.10. The minimum absolute atomic E-state index is 0.0678. The maximum atomic E-state index is 11.0. The molecule has 1 N–H and O–H groups in total. The van der Waals surface area contributed by atoms with Gasteiger partial charge in [0.15, 0.2) is 0 Å². The van der Waals surface area contributed by atoms with Crippen molar-refractivity contribution in [1.82, 2.24) is 0 Å². The van der Waals surface area contributed by atoms with Crippen molar-refractivity contribution in [2.24, 2.45) is 0 Å². The van der Waals surface area contributed by atoms with Crippen LogP contribution in [0.15, 0.2) is 18.2 Å². The van der Waals surface area contributed by atoms with E-state index in [-0.39, 0.29) is 10.6 Å². The minimum Gasteiger partial charge on any atom is -0.478 e. The Morgan fingerprint density at radius 3 is 2.67 bits per heavy atom. The molecule has 0 aliphatic heterocycles. The van der Waals surface area contributed by atoms with Crippen LogP contribution in [0.25, 0.3) is 0 Å². The first-order valence-corrected chi connectivity index (χ1v) is 4.92. The monoisotopic (exact) mass is 221 g/mol.